The van der Waals surface area contributed by atoms with Crippen molar-refractivity contribution in [3.8, 4) is 0 Å². The molecule has 1 N–H and O–H groups in total. The molecule has 31 heavy (non-hydrogen) atoms. The fraction of sp³-hybridized carbons (Fsp3) is 0.933. The Hall–Kier alpha value is -0.300. The molecule has 3 saturated carbocycles. The molecule has 2 unspecified atom stereocenters. The Morgan fingerprint density at radius 2 is 1.61 bits per heavy atom. The van der Waals surface area contributed by atoms with E-state index in [0.29, 0.717) is 22.2 Å². The van der Waals surface area contributed by atoms with Gasteiger partial charge in [0.2, 0.25) is 0 Å². The summed E-state index contributed by atoms with van der Waals surface area (Å²) >= 11 is 0. The molecule has 4 aliphatic carbocycles. The lowest BCUT2D eigenvalue weighted by Gasteiger charge is -2.64. The Morgan fingerprint density at radius 1 is 0.903 bits per heavy atom. The zero-order chi connectivity index (χ0) is 22.8. The highest BCUT2D eigenvalue weighted by Crippen LogP contribution is 2.73. The highest BCUT2D eigenvalue weighted by atomic mass is 16.3. The van der Waals surface area contributed by atoms with Gasteiger partial charge in [-0.05, 0) is 96.2 Å². The van der Waals surface area contributed by atoms with E-state index in [1.165, 1.54) is 57.8 Å². The van der Waals surface area contributed by atoms with Gasteiger partial charge in [-0.3, -0.25) is 0 Å². The molecule has 0 bridgehead atoms. The number of hydrogen-bond donors (Lipinski definition) is 1. The molecule has 0 aliphatic heterocycles. The number of aliphatic hydroxyl groups excluding tert-OH is 1. The van der Waals surface area contributed by atoms with E-state index >= 15 is 0 Å². The van der Waals surface area contributed by atoms with E-state index in [9.17, 15) is 5.11 Å². The van der Waals surface area contributed by atoms with Gasteiger partial charge in [-0.15, -0.1) is 0 Å². The standard InChI is InChI=1S/C30H52O/c1-20(2)10-9-11-21(3)22-14-18-30(8)24-12-13-25-27(4,5)26(31)16-17-28(25,6)23(24)15-19-29(22,30)7/h15,20-22,24-26,31H,9-14,16-19H2,1-8H3/t21-,22-,24?,25?,26+,28-,29-,30+/m1/s1. The maximum absolute atomic E-state index is 10.8. The second-order valence-electron chi connectivity index (χ2n) is 14.1. The lowest BCUT2D eigenvalue weighted by molar-refractivity contribution is -0.118. The van der Waals surface area contributed by atoms with Gasteiger partial charge in [-0.2, -0.15) is 0 Å². The maximum Gasteiger partial charge on any atom is 0.0594 e. The van der Waals surface area contributed by atoms with Gasteiger partial charge in [0, 0.05) is 0 Å². The number of hydrogen-bond acceptors (Lipinski definition) is 1. The van der Waals surface area contributed by atoms with Crippen LogP contribution in [0.2, 0.25) is 0 Å². The Labute approximate surface area is 193 Å². The summed E-state index contributed by atoms with van der Waals surface area (Å²) in [7, 11) is 0. The molecule has 0 aromatic carbocycles. The second kappa shape index (κ2) is 7.89. The fourth-order valence-corrected chi connectivity index (χ4v) is 9.72. The molecule has 0 radical (unpaired) electrons. The van der Waals surface area contributed by atoms with Crippen molar-refractivity contribution in [2.24, 2.45) is 51.2 Å². The lowest BCUT2D eigenvalue weighted by Crippen LogP contribution is -2.57. The molecule has 0 amide bonds. The van der Waals surface area contributed by atoms with E-state index < -0.39 is 0 Å². The van der Waals surface area contributed by atoms with Crippen LogP contribution in [0.25, 0.3) is 0 Å². The molecule has 8 atom stereocenters. The summed E-state index contributed by atoms with van der Waals surface area (Å²) in [6.45, 7) is 20.0. The van der Waals surface area contributed by atoms with Crippen LogP contribution in [0.4, 0.5) is 0 Å². The third kappa shape index (κ3) is 3.41. The summed E-state index contributed by atoms with van der Waals surface area (Å²) < 4.78 is 0. The van der Waals surface area contributed by atoms with Crippen molar-refractivity contribution in [2.45, 2.75) is 126 Å². The smallest absolute Gasteiger partial charge is 0.0594 e. The average molecular weight is 429 g/mol. The largest absolute Gasteiger partial charge is 0.393 e. The minimum Gasteiger partial charge on any atom is -0.393 e. The first kappa shape index (κ1) is 23.8. The number of aliphatic hydroxyl groups is 1. The second-order valence-corrected chi connectivity index (χ2v) is 14.1. The molecule has 4 rings (SSSR count). The quantitative estimate of drug-likeness (QED) is 0.436. The molecule has 0 heterocycles. The van der Waals surface area contributed by atoms with E-state index in [2.05, 4.69) is 61.5 Å². The number of fused-ring (bicyclic) bond motifs is 5. The zero-order valence-corrected chi connectivity index (χ0v) is 22.1. The van der Waals surface area contributed by atoms with Gasteiger partial charge in [-0.1, -0.05) is 86.3 Å². The third-order valence-corrected chi connectivity index (χ3v) is 12.0. The van der Waals surface area contributed by atoms with Gasteiger partial charge in [0.15, 0.2) is 0 Å². The summed E-state index contributed by atoms with van der Waals surface area (Å²) in [6, 6.07) is 0. The molecule has 178 valence electrons. The number of rotatable bonds is 5. The highest BCUT2D eigenvalue weighted by Gasteiger charge is 2.65. The van der Waals surface area contributed by atoms with Gasteiger partial charge in [0.05, 0.1) is 6.10 Å². The Kier molecular flexibility index (Phi) is 6.07. The fourth-order valence-electron chi connectivity index (χ4n) is 9.72. The molecule has 0 aromatic rings. The van der Waals surface area contributed by atoms with Crippen LogP contribution in [-0.4, -0.2) is 11.2 Å². The van der Waals surface area contributed by atoms with E-state index in [1.807, 2.05) is 5.57 Å². The lowest BCUT2D eigenvalue weighted by atomic mass is 9.41. The zero-order valence-electron chi connectivity index (χ0n) is 22.1. The van der Waals surface area contributed by atoms with Gasteiger partial charge in [0.1, 0.15) is 0 Å². The predicted molar refractivity (Wildman–Crippen MR) is 133 cm³/mol. The van der Waals surface area contributed by atoms with Gasteiger partial charge < -0.3 is 5.11 Å². The average Bonchev–Trinajstić information content (AvgIpc) is 2.96. The SMILES string of the molecule is CC(C)CCC[C@@H](C)[C@H]1CC[C@@]2(C)C3CCC4C(C)(C)[C@@H](O)CC[C@]4(C)C3=CC[C@]12C. The van der Waals surface area contributed by atoms with Crippen molar-refractivity contribution in [3.05, 3.63) is 11.6 Å². The van der Waals surface area contributed by atoms with Gasteiger partial charge in [-0.25, -0.2) is 0 Å². The third-order valence-electron chi connectivity index (χ3n) is 12.0. The molecule has 3 fully saturated rings. The van der Waals surface area contributed by atoms with Crippen LogP contribution in [0, 0.1) is 51.2 Å². The van der Waals surface area contributed by atoms with Crippen LogP contribution in [0.1, 0.15) is 120 Å². The van der Waals surface area contributed by atoms with E-state index in [0.717, 1.165) is 30.1 Å². The summed E-state index contributed by atoms with van der Waals surface area (Å²) in [6.07, 6.45) is 15.8. The van der Waals surface area contributed by atoms with Crippen LogP contribution in [0.3, 0.4) is 0 Å². The summed E-state index contributed by atoms with van der Waals surface area (Å²) in [5.41, 5.74) is 3.09. The van der Waals surface area contributed by atoms with Gasteiger partial charge in [0.25, 0.3) is 0 Å². The summed E-state index contributed by atoms with van der Waals surface area (Å²) in [4.78, 5) is 0. The highest BCUT2D eigenvalue weighted by molar-refractivity contribution is 5.32. The molecule has 0 saturated heterocycles. The Morgan fingerprint density at radius 3 is 2.29 bits per heavy atom. The molecule has 0 spiro atoms. The molecule has 0 aromatic heterocycles. The first-order chi connectivity index (χ1) is 14.4. The van der Waals surface area contributed by atoms with Crippen molar-refractivity contribution >= 4 is 0 Å². The Balaban J connectivity index is 1.61. The van der Waals surface area contributed by atoms with Crippen molar-refractivity contribution in [1.82, 2.24) is 0 Å². The monoisotopic (exact) mass is 428 g/mol. The first-order valence-corrected chi connectivity index (χ1v) is 13.8. The Bertz CT molecular complexity index is 703. The first-order valence-electron chi connectivity index (χ1n) is 13.8. The van der Waals surface area contributed by atoms with Crippen LogP contribution >= 0.6 is 0 Å². The van der Waals surface area contributed by atoms with Crippen LogP contribution in [0.15, 0.2) is 11.6 Å². The predicted octanol–water partition coefficient (Wildman–Crippen LogP) is 8.41. The topological polar surface area (TPSA) is 20.2 Å². The number of allylic oxidation sites excluding steroid dienone is 2. The molecule has 1 heteroatoms. The molecule has 4 aliphatic rings. The normalized spacial score (nSPS) is 47.4. The van der Waals surface area contributed by atoms with Gasteiger partial charge >= 0.3 is 0 Å². The minimum atomic E-state index is -0.130. The van der Waals surface area contributed by atoms with Crippen molar-refractivity contribution < 1.29 is 5.11 Å². The van der Waals surface area contributed by atoms with E-state index in [-0.39, 0.29) is 11.5 Å². The molecule has 1 nitrogen and oxygen atoms in total. The van der Waals surface area contributed by atoms with Crippen LogP contribution < -0.4 is 0 Å². The molecular weight excluding hydrogens is 376 g/mol. The summed E-state index contributed by atoms with van der Waals surface area (Å²) in [5, 5.41) is 10.8. The maximum atomic E-state index is 10.8. The van der Waals surface area contributed by atoms with E-state index in [1.54, 1.807) is 0 Å². The van der Waals surface area contributed by atoms with Crippen LogP contribution in [-0.2, 0) is 0 Å². The van der Waals surface area contributed by atoms with E-state index in [4.69, 9.17) is 0 Å². The van der Waals surface area contributed by atoms with Crippen LogP contribution in [0.5, 0.6) is 0 Å². The van der Waals surface area contributed by atoms with Crippen molar-refractivity contribution in [1.29, 1.82) is 0 Å². The minimum absolute atomic E-state index is 0.0452. The summed E-state index contributed by atoms with van der Waals surface area (Å²) in [5.74, 6) is 3.98. The van der Waals surface area contributed by atoms with Crippen molar-refractivity contribution in [3.63, 3.8) is 0 Å². The molecular formula is C30H52O. The van der Waals surface area contributed by atoms with Crippen molar-refractivity contribution in [2.75, 3.05) is 0 Å².